The molecule has 5 rings (SSSR count). The van der Waals surface area contributed by atoms with Crippen molar-refractivity contribution in [2.75, 3.05) is 11.9 Å². The van der Waals surface area contributed by atoms with Crippen LogP contribution in [0.3, 0.4) is 0 Å². The van der Waals surface area contributed by atoms with E-state index in [0.29, 0.717) is 6.54 Å². The highest BCUT2D eigenvalue weighted by molar-refractivity contribution is 7.18. The van der Waals surface area contributed by atoms with E-state index in [-0.39, 0.29) is 0 Å². The first-order chi connectivity index (χ1) is 12.9. The fourth-order valence-corrected chi connectivity index (χ4v) is 4.64. The Hall–Kier alpha value is -2.77. The Labute approximate surface area is 154 Å². The van der Waals surface area contributed by atoms with Crippen molar-refractivity contribution in [1.29, 1.82) is 0 Å². The summed E-state index contributed by atoms with van der Waals surface area (Å²) in [7, 11) is 0. The quantitative estimate of drug-likeness (QED) is 0.584. The molecule has 130 valence electrons. The Morgan fingerprint density at radius 1 is 1.23 bits per heavy atom. The third kappa shape index (κ3) is 2.65. The van der Waals surface area contributed by atoms with Gasteiger partial charge < -0.3 is 15.2 Å². The highest BCUT2D eigenvalue weighted by Gasteiger charge is 2.19. The lowest BCUT2D eigenvalue weighted by molar-refractivity contribution is 0.657. The molecule has 0 atom stereocenters. The number of hydrogen-bond acceptors (Lipinski definition) is 6. The van der Waals surface area contributed by atoms with Gasteiger partial charge in [0.15, 0.2) is 0 Å². The van der Waals surface area contributed by atoms with Crippen molar-refractivity contribution in [3.8, 4) is 5.69 Å². The Bertz CT molecular complexity index is 1050. The molecule has 0 saturated heterocycles. The number of fused-ring (bicyclic) bond motifs is 3. The summed E-state index contributed by atoms with van der Waals surface area (Å²) in [6.07, 6.45) is 8.27. The molecule has 1 aliphatic heterocycles. The summed E-state index contributed by atoms with van der Waals surface area (Å²) in [5.74, 6) is 0.926. The van der Waals surface area contributed by atoms with Gasteiger partial charge in [0.05, 0.1) is 17.4 Å². The van der Waals surface area contributed by atoms with E-state index in [1.165, 1.54) is 21.4 Å². The molecule has 0 radical (unpaired) electrons. The van der Waals surface area contributed by atoms with E-state index >= 15 is 0 Å². The molecular weight excluding hydrogens is 344 g/mol. The molecule has 0 amide bonds. The first kappa shape index (κ1) is 15.5. The second-order valence-corrected chi connectivity index (χ2v) is 7.37. The molecule has 6 nitrogen and oxygen atoms in total. The number of hydrogen-bond donors (Lipinski definition) is 2. The lowest BCUT2D eigenvalue weighted by Gasteiger charge is -2.15. The summed E-state index contributed by atoms with van der Waals surface area (Å²) in [4.78, 5) is 15.6. The molecule has 0 unspecified atom stereocenters. The van der Waals surface area contributed by atoms with Gasteiger partial charge in [-0.2, -0.15) is 0 Å². The van der Waals surface area contributed by atoms with Gasteiger partial charge in [0, 0.05) is 30.4 Å². The second kappa shape index (κ2) is 6.51. The van der Waals surface area contributed by atoms with Crippen LogP contribution in [0.4, 0.5) is 5.82 Å². The molecule has 2 N–H and O–H groups in total. The highest BCUT2D eigenvalue weighted by Crippen LogP contribution is 2.35. The van der Waals surface area contributed by atoms with Crippen molar-refractivity contribution in [2.45, 2.75) is 19.5 Å². The van der Waals surface area contributed by atoms with Crippen molar-refractivity contribution < 1.29 is 0 Å². The minimum Gasteiger partial charge on any atom is -0.365 e. The standard InChI is InChI=1S/C19H18N6S/c1-2-4-15(25-8-7-21-12-25)13(3-1)9-22-18-17-14-5-6-20-10-16(14)26-19(17)24-11-23-18/h1-4,7-8,11-12,20H,5-6,9-10H2,(H,22,23,24). The summed E-state index contributed by atoms with van der Waals surface area (Å²) in [5, 5.41) is 8.17. The first-order valence-electron chi connectivity index (χ1n) is 8.66. The van der Waals surface area contributed by atoms with Crippen LogP contribution in [0.2, 0.25) is 0 Å². The first-order valence-corrected chi connectivity index (χ1v) is 9.48. The number of thiophene rings is 1. The number of benzene rings is 1. The second-order valence-electron chi connectivity index (χ2n) is 6.29. The molecule has 4 aromatic rings. The van der Waals surface area contributed by atoms with Crippen LogP contribution in [0.5, 0.6) is 0 Å². The van der Waals surface area contributed by atoms with E-state index in [0.717, 1.165) is 35.8 Å². The molecule has 0 fully saturated rings. The Kier molecular flexibility index (Phi) is 3.88. The average Bonchev–Trinajstić information content (AvgIpc) is 3.34. The number of nitrogens with zero attached hydrogens (tertiary/aromatic N) is 4. The SMILES string of the molecule is c1ccc(-n2ccnc2)c(CNc2ncnc3sc4c(c23)CCNC4)c1. The molecular formula is C19H18N6S. The smallest absolute Gasteiger partial charge is 0.138 e. The van der Waals surface area contributed by atoms with Gasteiger partial charge in [-0.3, -0.25) is 0 Å². The number of imidazole rings is 1. The van der Waals surface area contributed by atoms with Gasteiger partial charge in [-0.05, 0) is 30.2 Å². The molecule has 1 aromatic carbocycles. The fourth-order valence-electron chi connectivity index (χ4n) is 3.49. The monoisotopic (exact) mass is 362 g/mol. The summed E-state index contributed by atoms with van der Waals surface area (Å²) in [6, 6.07) is 8.34. The van der Waals surface area contributed by atoms with Crippen LogP contribution in [-0.4, -0.2) is 26.1 Å². The molecule has 0 saturated carbocycles. The van der Waals surface area contributed by atoms with Gasteiger partial charge in [-0.25, -0.2) is 15.0 Å². The lowest BCUT2D eigenvalue weighted by Crippen LogP contribution is -2.22. The van der Waals surface area contributed by atoms with Gasteiger partial charge in [0.1, 0.15) is 17.0 Å². The van der Waals surface area contributed by atoms with E-state index in [9.17, 15) is 0 Å². The van der Waals surface area contributed by atoms with Crippen molar-refractivity contribution >= 4 is 27.4 Å². The summed E-state index contributed by atoms with van der Waals surface area (Å²) in [5.41, 5.74) is 3.72. The van der Waals surface area contributed by atoms with Crippen molar-refractivity contribution in [3.63, 3.8) is 0 Å². The van der Waals surface area contributed by atoms with E-state index in [4.69, 9.17) is 0 Å². The Balaban J connectivity index is 1.49. The highest BCUT2D eigenvalue weighted by atomic mass is 32.1. The zero-order valence-corrected chi connectivity index (χ0v) is 15.0. The molecule has 7 heteroatoms. The molecule has 4 heterocycles. The number of para-hydroxylation sites is 1. The normalized spacial score (nSPS) is 13.7. The molecule has 0 bridgehead atoms. The zero-order valence-electron chi connectivity index (χ0n) is 14.1. The van der Waals surface area contributed by atoms with E-state index in [2.05, 4.69) is 43.8 Å². The maximum Gasteiger partial charge on any atom is 0.138 e. The third-order valence-electron chi connectivity index (χ3n) is 4.73. The molecule has 1 aliphatic rings. The average molecular weight is 362 g/mol. The fraction of sp³-hybridized carbons (Fsp3) is 0.211. The molecule has 0 aliphatic carbocycles. The predicted molar refractivity (Wildman–Crippen MR) is 104 cm³/mol. The minimum atomic E-state index is 0.698. The van der Waals surface area contributed by atoms with Crippen LogP contribution < -0.4 is 10.6 Å². The number of nitrogens with one attached hydrogen (secondary N) is 2. The minimum absolute atomic E-state index is 0.698. The largest absolute Gasteiger partial charge is 0.365 e. The predicted octanol–water partition coefficient (Wildman–Crippen LogP) is 3.13. The summed E-state index contributed by atoms with van der Waals surface area (Å²) < 4.78 is 2.03. The topological polar surface area (TPSA) is 67.7 Å². The van der Waals surface area contributed by atoms with E-state index < -0.39 is 0 Å². The van der Waals surface area contributed by atoms with Gasteiger partial charge in [0.25, 0.3) is 0 Å². The van der Waals surface area contributed by atoms with Crippen molar-refractivity contribution in [2.24, 2.45) is 0 Å². The van der Waals surface area contributed by atoms with Crippen LogP contribution in [0.15, 0.2) is 49.3 Å². The maximum absolute atomic E-state index is 4.54. The maximum atomic E-state index is 4.54. The van der Waals surface area contributed by atoms with Crippen LogP contribution >= 0.6 is 11.3 Å². The van der Waals surface area contributed by atoms with Crippen LogP contribution in [0.25, 0.3) is 15.9 Å². The van der Waals surface area contributed by atoms with Gasteiger partial charge in [-0.15, -0.1) is 11.3 Å². The van der Waals surface area contributed by atoms with E-state index in [1.54, 1.807) is 23.9 Å². The molecule has 0 spiro atoms. The van der Waals surface area contributed by atoms with Crippen molar-refractivity contribution in [1.82, 2.24) is 24.8 Å². The van der Waals surface area contributed by atoms with Gasteiger partial charge in [0.2, 0.25) is 0 Å². The zero-order chi connectivity index (χ0) is 17.3. The third-order valence-corrected chi connectivity index (χ3v) is 5.87. The van der Waals surface area contributed by atoms with Gasteiger partial charge >= 0.3 is 0 Å². The van der Waals surface area contributed by atoms with Crippen LogP contribution in [0.1, 0.15) is 16.0 Å². The van der Waals surface area contributed by atoms with Crippen molar-refractivity contribution in [3.05, 3.63) is 65.3 Å². The van der Waals surface area contributed by atoms with E-state index in [1.807, 2.05) is 23.2 Å². The number of anilines is 1. The van der Waals surface area contributed by atoms with Crippen LogP contribution in [0, 0.1) is 0 Å². The number of rotatable bonds is 4. The summed E-state index contributed by atoms with van der Waals surface area (Å²) >= 11 is 1.77. The summed E-state index contributed by atoms with van der Waals surface area (Å²) in [6.45, 7) is 2.64. The molecule has 26 heavy (non-hydrogen) atoms. The Morgan fingerprint density at radius 2 is 2.19 bits per heavy atom. The Morgan fingerprint density at radius 3 is 3.12 bits per heavy atom. The lowest BCUT2D eigenvalue weighted by atomic mass is 10.1. The number of aromatic nitrogens is 4. The molecule has 3 aromatic heterocycles. The van der Waals surface area contributed by atoms with Crippen LogP contribution in [-0.2, 0) is 19.5 Å². The van der Waals surface area contributed by atoms with Gasteiger partial charge in [-0.1, -0.05) is 18.2 Å².